The smallest absolute Gasteiger partial charge is 0.293 e. The number of methoxy groups -OCH3 is 2. The van der Waals surface area contributed by atoms with Crippen molar-refractivity contribution in [1.82, 2.24) is 15.5 Å². The van der Waals surface area contributed by atoms with E-state index < -0.39 is 36.4 Å². The van der Waals surface area contributed by atoms with Crippen molar-refractivity contribution in [2.45, 2.75) is 71.1 Å². The van der Waals surface area contributed by atoms with E-state index in [0.29, 0.717) is 54.8 Å². The highest BCUT2D eigenvalue weighted by Gasteiger charge is 2.33. The first-order valence-electron chi connectivity index (χ1n) is 14.6. The highest BCUT2D eigenvalue weighted by molar-refractivity contribution is 6.07. The van der Waals surface area contributed by atoms with E-state index >= 15 is 0 Å². The molecule has 0 saturated carbocycles. The highest BCUT2D eigenvalue weighted by Crippen LogP contribution is 2.30. The van der Waals surface area contributed by atoms with E-state index in [4.69, 9.17) is 14.2 Å². The maximum absolute atomic E-state index is 13.3. The van der Waals surface area contributed by atoms with Crippen molar-refractivity contribution in [3.63, 3.8) is 0 Å². The SMILES string of the molecule is CO[C@H]1/C=C\C=C(/C)C(=O)NC2=CC(=O)C(NCCN(C)C)=C(C[C@@H](C)C[C@H](OC)[C@H](O)[C@@H](C)/C=C(\C)[C@@H]1OC=O)C2O. The van der Waals surface area contributed by atoms with Crippen LogP contribution in [-0.2, 0) is 28.6 Å². The van der Waals surface area contributed by atoms with E-state index in [2.05, 4.69) is 10.6 Å². The third-order valence-electron chi connectivity index (χ3n) is 7.78. The number of ether oxygens (including phenoxy) is 3. The minimum atomic E-state index is -1.22. The molecule has 0 aromatic carbocycles. The molecule has 1 amide bonds. The Kier molecular flexibility index (Phi) is 14.5. The van der Waals surface area contributed by atoms with Crippen LogP contribution in [0.3, 0.4) is 0 Å². The van der Waals surface area contributed by atoms with Gasteiger partial charge in [-0.1, -0.05) is 38.2 Å². The number of likely N-dealkylation sites (N-methyl/N-ethyl adjacent to an activating group) is 1. The zero-order chi connectivity index (χ0) is 32.3. The van der Waals surface area contributed by atoms with Crippen LogP contribution >= 0.6 is 0 Å². The number of hydrogen-bond acceptors (Lipinski definition) is 10. The van der Waals surface area contributed by atoms with Gasteiger partial charge in [-0.05, 0) is 57.8 Å². The molecule has 1 aliphatic carbocycles. The van der Waals surface area contributed by atoms with E-state index in [1.54, 1.807) is 32.1 Å². The van der Waals surface area contributed by atoms with Crippen molar-refractivity contribution in [3.05, 3.63) is 58.5 Å². The Labute approximate surface area is 255 Å². The van der Waals surface area contributed by atoms with Gasteiger partial charge in [0.15, 0.2) is 6.10 Å². The predicted octanol–water partition coefficient (Wildman–Crippen LogP) is 1.78. The number of allylic oxidation sites excluding steroid dienone is 3. The number of ketones is 1. The topological polar surface area (TPSA) is 147 Å². The van der Waals surface area contributed by atoms with Gasteiger partial charge < -0.3 is 40.0 Å². The van der Waals surface area contributed by atoms with Gasteiger partial charge in [0.25, 0.3) is 12.4 Å². The van der Waals surface area contributed by atoms with Crippen molar-refractivity contribution >= 4 is 18.2 Å². The van der Waals surface area contributed by atoms with Crippen LogP contribution < -0.4 is 10.6 Å². The molecule has 11 nitrogen and oxygen atoms in total. The first kappa shape index (κ1) is 36.1. The zero-order valence-electron chi connectivity index (χ0n) is 26.6. The molecule has 0 spiro atoms. The molecule has 0 aromatic heterocycles. The molecule has 0 saturated heterocycles. The van der Waals surface area contributed by atoms with Crippen molar-refractivity contribution in [3.8, 4) is 0 Å². The Balaban J connectivity index is 2.58. The van der Waals surface area contributed by atoms with Crippen molar-refractivity contribution < 1.29 is 38.8 Å². The van der Waals surface area contributed by atoms with Crippen molar-refractivity contribution in [2.24, 2.45) is 11.8 Å². The second-order valence-electron chi connectivity index (χ2n) is 11.6. The number of hydrogen-bond donors (Lipinski definition) is 4. The highest BCUT2D eigenvalue weighted by atomic mass is 16.6. The number of fused-ring (bicyclic) bond motifs is 2. The fraction of sp³-hybridized carbons (Fsp3) is 0.594. The van der Waals surface area contributed by atoms with Gasteiger partial charge in [0, 0.05) is 44.9 Å². The first-order valence-corrected chi connectivity index (χ1v) is 14.6. The van der Waals surface area contributed by atoms with E-state index in [-0.39, 0.29) is 23.3 Å². The number of carbonyl (C=O) groups excluding carboxylic acids is 3. The molecule has 0 aromatic rings. The summed E-state index contributed by atoms with van der Waals surface area (Å²) >= 11 is 0. The number of nitrogens with zero attached hydrogens (tertiary/aromatic N) is 1. The summed E-state index contributed by atoms with van der Waals surface area (Å²) in [6.07, 6.45) is 4.53. The summed E-state index contributed by atoms with van der Waals surface area (Å²) in [5.41, 5.74) is 1.87. The van der Waals surface area contributed by atoms with Gasteiger partial charge in [0.05, 0.1) is 23.6 Å². The van der Waals surface area contributed by atoms with Crippen LogP contribution in [-0.4, -0.2) is 105 Å². The minimum absolute atomic E-state index is 0.0935. The van der Waals surface area contributed by atoms with E-state index in [1.165, 1.54) is 20.3 Å². The number of nitrogens with one attached hydrogen (secondary N) is 2. The number of aliphatic hydroxyl groups is 2. The van der Waals surface area contributed by atoms with Crippen LogP contribution in [0.1, 0.15) is 40.5 Å². The van der Waals surface area contributed by atoms with Crippen LogP contribution in [0, 0.1) is 11.8 Å². The molecule has 7 atom stereocenters. The summed E-state index contributed by atoms with van der Waals surface area (Å²) in [6, 6.07) is 0. The molecular formula is C32H49N3O8. The maximum atomic E-state index is 13.3. The molecule has 0 radical (unpaired) electrons. The number of aliphatic hydroxyl groups excluding tert-OH is 2. The third-order valence-corrected chi connectivity index (χ3v) is 7.78. The fourth-order valence-electron chi connectivity index (χ4n) is 5.30. The average molecular weight is 604 g/mol. The molecule has 43 heavy (non-hydrogen) atoms. The van der Waals surface area contributed by atoms with Crippen molar-refractivity contribution in [2.75, 3.05) is 41.4 Å². The van der Waals surface area contributed by atoms with E-state index in [9.17, 15) is 24.6 Å². The lowest BCUT2D eigenvalue weighted by Crippen LogP contribution is -2.40. The molecule has 11 heteroatoms. The third kappa shape index (κ3) is 10.3. The molecule has 2 rings (SSSR count). The molecule has 1 heterocycles. The quantitative estimate of drug-likeness (QED) is 0.239. The zero-order valence-corrected chi connectivity index (χ0v) is 26.6. The lowest BCUT2D eigenvalue weighted by molar-refractivity contribution is -0.136. The second-order valence-corrected chi connectivity index (χ2v) is 11.6. The second kappa shape index (κ2) is 17.3. The summed E-state index contributed by atoms with van der Waals surface area (Å²) < 4.78 is 16.6. The molecule has 2 aliphatic rings. The van der Waals surface area contributed by atoms with Crippen LogP contribution in [0.25, 0.3) is 0 Å². The van der Waals surface area contributed by atoms with Gasteiger partial charge in [0.1, 0.15) is 12.2 Å². The summed E-state index contributed by atoms with van der Waals surface area (Å²) in [5.74, 6) is -1.32. The molecule has 4 N–H and O–H groups in total. The lowest BCUT2D eigenvalue weighted by Gasteiger charge is -2.31. The number of amides is 1. The molecule has 1 unspecified atom stereocenters. The van der Waals surface area contributed by atoms with E-state index in [1.807, 2.05) is 38.9 Å². The van der Waals surface area contributed by atoms with Gasteiger partial charge in [-0.25, -0.2) is 0 Å². The summed E-state index contributed by atoms with van der Waals surface area (Å²) in [6.45, 7) is 8.72. The first-order chi connectivity index (χ1) is 20.3. The number of rotatable bonds is 8. The van der Waals surface area contributed by atoms with Gasteiger partial charge in [-0.2, -0.15) is 0 Å². The largest absolute Gasteiger partial charge is 0.457 e. The molecule has 240 valence electrons. The van der Waals surface area contributed by atoms with Gasteiger partial charge >= 0.3 is 0 Å². The summed E-state index contributed by atoms with van der Waals surface area (Å²) in [4.78, 5) is 39.6. The number of carbonyl (C=O) groups is 3. The van der Waals surface area contributed by atoms with Crippen LogP contribution in [0.4, 0.5) is 0 Å². The summed E-state index contributed by atoms with van der Waals surface area (Å²) in [5, 5.41) is 28.6. The molecule has 1 aliphatic heterocycles. The average Bonchev–Trinajstić information content (AvgIpc) is 2.95. The standard InChI is InChI=1S/C32H49N3O8/c1-19-14-23-28(33-12-13-35(5)6)25(37)17-24(30(23)39)34-32(40)20(2)10-9-11-26(41-7)31(43-18-36)22(4)16-21(3)29(38)27(15-19)42-8/h9-11,16-19,21,26-27,29-31,33,38-39H,12-15H2,1-8H3,(H,34,40)/b11-9-,20-10+,22-16+/t19-,21+,26+,27+,29-,30?,31+/m1/s1. The van der Waals surface area contributed by atoms with Crippen molar-refractivity contribution in [1.29, 1.82) is 0 Å². The van der Waals surface area contributed by atoms with Crippen LogP contribution in [0.5, 0.6) is 0 Å². The van der Waals surface area contributed by atoms with Gasteiger partial charge in [-0.3, -0.25) is 14.4 Å². The predicted molar refractivity (Wildman–Crippen MR) is 164 cm³/mol. The Bertz CT molecular complexity index is 1140. The monoisotopic (exact) mass is 603 g/mol. The normalized spacial score (nSPS) is 33.1. The van der Waals surface area contributed by atoms with Gasteiger partial charge in [-0.15, -0.1) is 0 Å². The van der Waals surface area contributed by atoms with Gasteiger partial charge in [0.2, 0.25) is 5.78 Å². The molecular weight excluding hydrogens is 554 g/mol. The lowest BCUT2D eigenvalue weighted by atomic mass is 9.84. The Morgan fingerprint density at radius 3 is 2.44 bits per heavy atom. The molecule has 0 fully saturated rings. The minimum Gasteiger partial charge on any atom is -0.457 e. The molecule has 2 bridgehead atoms. The van der Waals surface area contributed by atoms with Crippen LogP contribution in [0.2, 0.25) is 0 Å². The Morgan fingerprint density at radius 1 is 1.14 bits per heavy atom. The Morgan fingerprint density at radius 2 is 1.84 bits per heavy atom. The maximum Gasteiger partial charge on any atom is 0.293 e. The fourth-order valence-corrected chi connectivity index (χ4v) is 5.30. The summed E-state index contributed by atoms with van der Waals surface area (Å²) in [7, 11) is 6.86. The Hall–Kier alpha value is -3.09. The van der Waals surface area contributed by atoms with E-state index in [0.717, 1.165) is 0 Å². The van der Waals surface area contributed by atoms with Crippen LogP contribution in [0.15, 0.2) is 58.5 Å².